The van der Waals surface area contributed by atoms with E-state index in [1.807, 2.05) is 0 Å². The zero-order chi connectivity index (χ0) is 14.6. The summed E-state index contributed by atoms with van der Waals surface area (Å²) < 4.78 is 9.17. The molecule has 0 aromatic heterocycles. The smallest absolute Gasteiger partial charge is 0.183 e. The van der Waals surface area contributed by atoms with Crippen LogP contribution in [0.4, 0.5) is 0 Å². The van der Waals surface area contributed by atoms with Crippen molar-refractivity contribution in [3.63, 3.8) is 0 Å². The van der Waals surface area contributed by atoms with Crippen LogP contribution in [-0.4, -0.2) is 98.5 Å². The highest BCUT2D eigenvalue weighted by Crippen LogP contribution is 2.12. The third-order valence-electron chi connectivity index (χ3n) is 2.84. The maximum atomic E-state index is 8.88. The molecule has 114 valence electrons. The molecule has 0 spiro atoms. The fourth-order valence-electron chi connectivity index (χ4n) is 1.55. The van der Waals surface area contributed by atoms with Crippen LogP contribution in [0.1, 0.15) is 0 Å². The molecule has 9 nitrogen and oxygen atoms in total. The maximum absolute atomic E-state index is 8.88. The summed E-state index contributed by atoms with van der Waals surface area (Å²) in [7, 11) is 0. The van der Waals surface area contributed by atoms with Crippen molar-refractivity contribution in [1.82, 2.24) is 0 Å². The van der Waals surface area contributed by atoms with Gasteiger partial charge in [0, 0.05) is 0 Å². The molecule has 6 atom stereocenters. The fraction of sp³-hybridized carbons (Fsp3) is 1.00. The first-order valence-corrected chi connectivity index (χ1v) is 5.80. The Kier molecular flexibility index (Phi) is 6.53. The van der Waals surface area contributed by atoms with E-state index in [2.05, 4.69) is 4.74 Å². The molecule has 0 unspecified atom stereocenters. The van der Waals surface area contributed by atoms with Crippen LogP contribution in [0.2, 0.25) is 0 Å². The zero-order valence-electron chi connectivity index (χ0n) is 10.1. The largest absolute Gasteiger partial charge is 0.388 e. The van der Waals surface area contributed by atoms with Gasteiger partial charge >= 0.3 is 0 Å². The molecule has 0 bridgehead atoms. The molecule has 0 aliphatic carbocycles. The van der Waals surface area contributed by atoms with Crippen molar-refractivity contribution in [2.45, 2.75) is 42.9 Å². The number of ether oxygens (including phenoxy) is 2. The topological polar surface area (TPSA) is 160 Å². The number of aliphatic hydroxyl groups is 7. The molecule has 0 amide bonds. The highest BCUT2D eigenvalue weighted by atomic mass is 16.6. The minimum absolute atomic E-state index is 0.109. The summed E-state index contributed by atoms with van der Waals surface area (Å²) in [6.45, 7) is 0.0653. The Morgan fingerprint density at radius 1 is 0.579 bits per heavy atom. The number of hydrogen-bond donors (Lipinski definition) is 7. The van der Waals surface area contributed by atoms with Crippen molar-refractivity contribution in [3.8, 4) is 0 Å². The van der Waals surface area contributed by atoms with E-state index in [4.69, 9.17) is 40.5 Å². The van der Waals surface area contributed by atoms with Gasteiger partial charge in [0.2, 0.25) is 0 Å². The van der Waals surface area contributed by atoms with Crippen LogP contribution < -0.4 is 0 Å². The van der Waals surface area contributed by atoms with E-state index < -0.39 is 42.9 Å². The molecular formula is C10H20O9. The van der Waals surface area contributed by atoms with Gasteiger partial charge in [-0.1, -0.05) is 0 Å². The summed E-state index contributed by atoms with van der Waals surface area (Å²) >= 11 is 0. The molecule has 2 heterocycles. The van der Waals surface area contributed by atoms with Crippen LogP contribution in [0.5, 0.6) is 0 Å². The van der Waals surface area contributed by atoms with Crippen LogP contribution in [-0.2, 0) is 9.47 Å². The van der Waals surface area contributed by atoms with Crippen molar-refractivity contribution >= 4 is 0 Å². The van der Waals surface area contributed by atoms with Crippen molar-refractivity contribution < 1.29 is 45.2 Å². The summed E-state index contributed by atoms with van der Waals surface area (Å²) in [5.74, 6) is 0. The lowest BCUT2D eigenvalue weighted by atomic mass is 10.1. The van der Waals surface area contributed by atoms with Crippen molar-refractivity contribution in [2.24, 2.45) is 0 Å². The van der Waals surface area contributed by atoms with Crippen molar-refractivity contribution in [3.05, 3.63) is 0 Å². The maximum Gasteiger partial charge on any atom is 0.183 e. The average molecular weight is 284 g/mol. The molecule has 0 radical (unpaired) electrons. The summed E-state index contributed by atoms with van der Waals surface area (Å²) in [6.07, 6.45) is -8.15. The van der Waals surface area contributed by atoms with Crippen molar-refractivity contribution in [2.75, 3.05) is 19.8 Å². The van der Waals surface area contributed by atoms with Crippen LogP contribution in [0.15, 0.2) is 0 Å². The van der Waals surface area contributed by atoms with E-state index >= 15 is 0 Å². The lowest BCUT2D eigenvalue weighted by molar-refractivity contribution is -0.252. The minimum Gasteiger partial charge on any atom is -0.388 e. The summed E-state index contributed by atoms with van der Waals surface area (Å²) in [4.78, 5) is 0. The molecule has 2 fully saturated rings. The molecule has 2 aliphatic heterocycles. The van der Waals surface area contributed by atoms with E-state index in [0.717, 1.165) is 0 Å². The Morgan fingerprint density at radius 2 is 1.05 bits per heavy atom. The molecule has 2 rings (SSSR count). The van der Waals surface area contributed by atoms with E-state index in [9.17, 15) is 0 Å². The van der Waals surface area contributed by atoms with Gasteiger partial charge < -0.3 is 45.2 Å². The molecule has 2 aliphatic rings. The van der Waals surface area contributed by atoms with E-state index in [0.29, 0.717) is 0 Å². The number of rotatable bonds is 0. The van der Waals surface area contributed by atoms with E-state index in [-0.39, 0.29) is 19.8 Å². The van der Waals surface area contributed by atoms with Gasteiger partial charge in [-0.2, -0.15) is 0 Å². The third-order valence-corrected chi connectivity index (χ3v) is 2.84. The zero-order valence-corrected chi connectivity index (χ0v) is 10.1. The lowest BCUT2D eigenvalue weighted by Gasteiger charge is -2.31. The second-order valence-electron chi connectivity index (χ2n) is 4.44. The highest BCUT2D eigenvalue weighted by Gasteiger charge is 2.36. The summed E-state index contributed by atoms with van der Waals surface area (Å²) in [6, 6.07) is 0. The van der Waals surface area contributed by atoms with Crippen LogP contribution in [0.25, 0.3) is 0 Å². The Balaban J connectivity index is 0.000000191. The van der Waals surface area contributed by atoms with E-state index in [1.54, 1.807) is 0 Å². The predicted molar refractivity (Wildman–Crippen MR) is 58.8 cm³/mol. The van der Waals surface area contributed by atoms with Gasteiger partial charge in [-0.05, 0) is 0 Å². The number of aliphatic hydroxyl groups excluding tert-OH is 7. The molecule has 0 aromatic carbocycles. The van der Waals surface area contributed by atoms with Gasteiger partial charge in [-0.3, -0.25) is 0 Å². The Labute approximate surface area is 109 Å². The molecule has 0 saturated carbocycles. The minimum atomic E-state index is -1.41. The molecule has 2 saturated heterocycles. The quantitative estimate of drug-likeness (QED) is 0.232. The first-order chi connectivity index (χ1) is 8.84. The Morgan fingerprint density at radius 3 is 1.47 bits per heavy atom. The van der Waals surface area contributed by atoms with Gasteiger partial charge in [0.1, 0.15) is 36.6 Å². The summed E-state index contributed by atoms with van der Waals surface area (Å²) in [5, 5.41) is 61.7. The first-order valence-electron chi connectivity index (χ1n) is 5.80. The molecule has 19 heavy (non-hydrogen) atoms. The average Bonchev–Trinajstić information content (AvgIpc) is 2.39. The third kappa shape index (κ3) is 4.60. The first kappa shape index (κ1) is 16.7. The van der Waals surface area contributed by atoms with Gasteiger partial charge in [0.25, 0.3) is 0 Å². The summed E-state index contributed by atoms with van der Waals surface area (Å²) in [5.41, 5.74) is 0. The fourth-order valence-corrected chi connectivity index (χ4v) is 1.55. The van der Waals surface area contributed by atoms with Gasteiger partial charge in [0.15, 0.2) is 6.29 Å². The molecular weight excluding hydrogens is 264 g/mol. The lowest BCUT2D eigenvalue weighted by Crippen LogP contribution is -2.52. The molecule has 7 N–H and O–H groups in total. The van der Waals surface area contributed by atoms with Crippen LogP contribution in [0.3, 0.4) is 0 Å². The number of hydrogen-bond acceptors (Lipinski definition) is 9. The monoisotopic (exact) mass is 284 g/mol. The Bertz CT molecular complexity index is 239. The van der Waals surface area contributed by atoms with Gasteiger partial charge in [-0.15, -0.1) is 0 Å². The second-order valence-corrected chi connectivity index (χ2v) is 4.44. The molecule has 0 aromatic rings. The van der Waals surface area contributed by atoms with E-state index in [1.165, 1.54) is 0 Å². The van der Waals surface area contributed by atoms with Crippen LogP contribution >= 0.6 is 0 Å². The predicted octanol–water partition coefficient (Wildman–Crippen LogP) is -4.48. The molecule has 9 heteroatoms. The SMILES string of the molecule is OC1[C@H](O)COC[C@H]1O.O[C@H]1[C@H](O)[C@H](O)OC[C@H]1O. The standard InChI is InChI=1S/C5H10O5.C5H10O4/c6-2-1-10-5(9)4(8)3(2)7;6-3-1-9-2-4(7)5(3)8/h2-9H,1H2;3-8H,1-2H2/t2-,3-,4+,5-;3-,4-/m11/s1. The second kappa shape index (κ2) is 7.43. The normalized spacial score (nSPS) is 44.4. The van der Waals surface area contributed by atoms with Crippen molar-refractivity contribution in [1.29, 1.82) is 0 Å². The Hall–Kier alpha value is -0.360. The van der Waals surface area contributed by atoms with Gasteiger partial charge in [0.05, 0.1) is 19.8 Å². The van der Waals surface area contributed by atoms with Crippen LogP contribution in [0, 0.1) is 0 Å². The highest BCUT2D eigenvalue weighted by molar-refractivity contribution is 4.81. The van der Waals surface area contributed by atoms with Gasteiger partial charge in [-0.25, -0.2) is 0 Å².